The molecule has 0 N–H and O–H groups in total. The Labute approximate surface area is 155 Å². The topological polar surface area (TPSA) is 42.4 Å². The van der Waals surface area contributed by atoms with E-state index in [2.05, 4.69) is 25.4 Å². The Kier molecular flexibility index (Phi) is 5.84. The van der Waals surface area contributed by atoms with Gasteiger partial charge in [-0.05, 0) is 36.1 Å². The van der Waals surface area contributed by atoms with Crippen LogP contribution in [0.15, 0.2) is 49.2 Å². The summed E-state index contributed by atoms with van der Waals surface area (Å²) < 4.78 is 5.59. The standard InChI is InChI=1S/C22H26N2O2/c1-4-17-5-10-21(23-14-17)18-6-8-19(9-7-18)22(25)24-11-12-26-15-20(24)13-16(2)3/h4-10,14,16,20H,1,11-13,15H2,2-3H3/t20-/m1/s1. The second kappa shape index (κ2) is 8.28. The number of ether oxygens (including phenoxy) is 1. The van der Waals surface area contributed by atoms with E-state index in [1.165, 1.54) is 0 Å². The molecule has 1 aliphatic heterocycles. The van der Waals surface area contributed by atoms with Gasteiger partial charge in [0.25, 0.3) is 5.91 Å². The summed E-state index contributed by atoms with van der Waals surface area (Å²) in [4.78, 5) is 19.4. The number of carbonyl (C=O) groups is 1. The first-order valence-electron chi connectivity index (χ1n) is 9.16. The van der Waals surface area contributed by atoms with Crippen molar-refractivity contribution >= 4 is 12.0 Å². The molecule has 1 aromatic heterocycles. The average molecular weight is 350 g/mol. The van der Waals surface area contributed by atoms with Crippen molar-refractivity contribution < 1.29 is 9.53 Å². The number of hydrogen-bond donors (Lipinski definition) is 0. The van der Waals surface area contributed by atoms with Gasteiger partial charge in [-0.1, -0.05) is 44.7 Å². The number of aromatic nitrogens is 1. The maximum absolute atomic E-state index is 13.0. The van der Waals surface area contributed by atoms with E-state index < -0.39 is 0 Å². The fraction of sp³-hybridized carbons (Fsp3) is 0.364. The van der Waals surface area contributed by atoms with Gasteiger partial charge in [0.2, 0.25) is 0 Å². The molecule has 0 bridgehead atoms. The number of rotatable bonds is 5. The number of benzene rings is 1. The van der Waals surface area contributed by atoms with Crippen LogP contribution in [0.4, 0.5) is 0 Å². The van der Waals surface area contributed by atoms with Crippen molar-refractivity contribution in [3.8, 4) is 11.3 Å². The molecule has 1 saturated heterocycles. The predicted molar refractivity (Wildman–Crippen MR) is 105 cm³/mol. The first-order valence-corrected chi connectivity index (χ1v) is 9.16. The molecule has 2 heterocycles. The Morgan fingerprint density at radius 3 is 2.69 bits per heavy atom. The summed E-state index contributed by atoms with van der Waals surface area (Å²) in [6.45, 7) is 9.99. The van der Waals surface area contributed by atoms with Crippen molar-refractivity contribution in [2.45, 2.75) is 26.3 Å². The molecule has 1 atom stereocenters. The van der Waals surface area contributed by atoms with E-state index >= 15 is 0 Å². The van der Waals surface area contributed by atoms with Crippen LogP contribution >= 0.6 is 0 Å². The summed E-state index contributed by atoms with van der Waals surface area (Å²) in [6, 6.07) is 11.8. The van der Waals surface area contributed by atoms with Crippen molar-refractivity contribution in [1.82, 2.24) is 9.88 Å². The molecule has 0 aliphatic carbocycles. The van der Waals surface area contributed by atoms with Gasteiger partial charge < -0.3 is 9.64 Å². The lowest BCUT2D eigenvalue weighted by molar-refractivity contribution is -0.00746. The molecular weight excluding hydrogens is 324 g/mol. The predicted octanol–water partition coefficient (Wildman–Crippen LogP) is 4.28. The van der Waals surface area contributed by atoms with E-state index in [-0.39, 0.29) is 11.9 Å². The molecule has 3 rings (SSSR count). The van der Waals surface area contributed by atoms with Crippen LogP contribution in [-0.4, -0.2) is 41.6 Å². The third-order valence-electron chi connectivity index (χ3n) is 4.68. The highest BCUT2D eigenvalue weighted by molar-refractivity contribution is 5.95. The molecule has 4 heteroatoms. The first-order chi connectivity index (χ1) is 12.6. The van der Waals surface area contributed by atoms with Crippen molar-refractivity contribution in [2.75, 3.05) is 19.8 Å². The monoisotopic (exact) mass is 350 g/mol. The van der Waals surface area contributed by atoms with E-state index in [1.807, 2.05) is 41.3 Å². The molecular formula is C22H26N2O2. The van der Waals surface area contributed by atoms with Gasteiger partial charge in [-0.3, -0.25) is 9.78 Å². The van der Waals surface area contributed by atoms with Crippen LogP contribution in [0.1, 0.15) is 36.2 Å². The van der Waals surface area contributed by atoms with E-state index in [0.717, 1.165) is 23.2 Å². The Hall–Kier alpha value is -2.46. The largest absolute Gasteiger partial charge is 0.377 e. The Morgan fingerprint density at radius 2 is 2.08 bits per heavy atom. The molecule has 136 valence electrons. The third-order valence-corrected chi connectivity index (χ3v) is 4.68. The molecule has 1 aliphatic rings. The Morgan fingerprint density at radius 1 is 1.31 bits per heavy atom. The SMILES string of the molecule is C=Cc1ccc(-c2ccc(C(=O)N3CCOC[C@H]3CC(C)C)cc2)nc1. The number of carbonyl (C=O) groups excluding carboxylic acids is 1. The molecule has 0 spiro atoms. The fourth-order valence-corrected chi connectivity index (χ4v) is 3.31. The zero-order valence-electron chi connectivity index (χ0n) is 15.5. The van der Waals surface area contributed by atoms with Crippen LogP contribution in [0.2, 0.25) is 0 Å². The van der Waals surface area contributed by atoms with Gasteiger partial charge >= 0.3 is 0 Å². The minimum absolute atomic E-state index is 0.0838. The minimum Gasteiger partial charge on any atom is -0.377 e. The van der Waals surface area contributed by atoms with Crippen molar-refractivity contribution in [3.05, 3.63) is 60.3 Å². The first kappa shape index (κ1) is 18.3. The Balaban J connectivity index is 1.76. The van der Waals surface area contributed by atoms with Crippen molar-refractivity contribution in [3.63, 3.8) is 0 Å². The van der Waals surface area contributed by atoms with Crippen molar-refractivity contribution in [1.29, 1.82) is 0 Å². The molecule has 0 unspecified atom stereocenters. The zero-order chi connectivity index (χ0) is 18.5. The molecule has 0 radical (unpaired) electrons. The highest BCUT2D eigenvalue weighted by Crippen LogP contribution is 2.21. The molecule has 26 heavy (non-hydrogen) atoms. The minimum atomic E-state index is 0.0838. The van der Waals surface area contributed by atoms with E-state index in [4.69, 9.17) is 4.74 Å². The second-order valence-corrected chi connectivity index (χ2v) is 7.12. The summed E-state index contributed by atoms with van der Waals surface area (Å²) >= 11 is 0. The van der Waals surface area contributed by atoms with Crippen LogP contribution in [0.5, 0.6) is 0 Å². The molecule has 2 aromatic rings. The van der Waals surface area contributed by atoms with Crippen LogP contribution in [0.25, 0.3) is 17.3 Å². The molecule has 1 fully saturated rings. The lowest BCUT2D eigenvalue weighted by atomic mass is 10.0. The molecule has 1 aromatic carbocycles. The summed E-state index contributed by atoms with van der Waals surface area (Å²) in [5.41, 5.74) is 3.59. The highest BCUT2D eigenvalue weighted by Gasteiger charge is 2.28. The molecule has 1 amide bonds. The number of nitrogens with zero attached hydrogens (tertiary/aromatic N) is 2. The van der Waals surface area contributed by atoms with Gasteiger partial charge in [-0.25, -0.2) is 0 Å². The maximum atomic E-state index is 13.0. The summed E-state index contributed by atoms with van der Waals surface area (Å²) in [6.07, 6.45) is 4.53. The van der Waals surface area contributed by atoms with E-state index in [1.54, 1.807) is 12.3 Å². The Bertz CT molecular complexity index is 751. The maximum Gasteiger partial charge on any atom is 0.254 e. The summed E-state index contributed by atoms with van der Waals surface area (Å²) in [7, 11) is 0. The van der Waals surface area contributed by atoms with Gasteiger partial charge in [0.1, 0.15) is 0 Å². The average Bonchev–Trinajstić information content (AvgIpc) is 2.68. The number of morpholine rings is 1. The lowest BCUT2D eigenvalue weighted by Crippen LogP contribution is -2.49. The van der Waals surface area contributed by atoms with Gasteiger partial charge in [0.15, 0.2) is 0 Å². The number of amides is 1. The molecule has 4 nitrogen and oxygen atoms in total. The van der Waals surface area contributed by atoms with E-state index in [0.29, 0.717) is 31.2 Å². The van der Waals surface area contributed by atoms with Crippen LogP contribution in [0.3, 0.4) is 0 Å². The lowest BCUT2D eigenvalue weighted by Gasteiger charge is -2.36. The van der Waals surface area contributed by atoms with Gasteiger partial charge in [-0.2, -0.15) is 0 Å². The van der Waals surface area contributed by atoms with E-state index in [9.17, 15) is 4.79 Å². The summed E-state index contributed by atoms with van der Waals surface area (Å²) in [5, 5.41) is 0. The molecule has 0 saturated carbocycles. The van der Waals surface area contributed by atoms with Crippen LogP contribution in [-0.2, 0) is 4.74 Å². The highest BCUT2D eigenvalue weighted by atomic mass is 16.5. The second-order valence-electron chi connectivity index (χ2n) is 7.12. The van der Waals surface area contributed by atoms with Gasteiger partial charge in [0.05, 0.1) is 24.9 Å². The zero-order valence-corrected chi connectivity index (χ0v) is 15.5. The summed E-state index contributed by atoms with van der Waals surface area (Å²) in [5.74, 6) is 0.615. The quantitative estimate of drug-likeness (QED) is 0.808. The fourth-order valence-electron chi connectivity index (χ4n) is 3.31. The number of hydrogen-bond acceptors (Lipinski definition) is 3. The van der Waals surface area contributed by atoms with Crippen LogP contribution in [0, 0.1) is 5.92 Å². The third kappa shape index (κ3) is 4.20. The van der Waals surface area contributed by atoms with Gasteiger partial charge in [-0.15, -0.1) is 0 Å². The smallest absolute Gasteiger partial charge is 0.254 e. The van der Waals surface area contributed by atoms with Gasteiger partial charge in [0, 0.05) is 23.9 Å². The van der Waals surface area contributed by atoms with Crippen molar-refractivity contribution in [2.24, 2.45) is 5.92 Å². The number of pyridine rings is 1. The van der Waals surface area contributed by atoms with Crippen LogP contribution < -0.4 is 0 Å². The normalized spacial score (nSPS) is 17.3.